The summed E-state index contributed by atoms with van der Waals surface area (Å²) in [7, 11) is 0.489. The summed E-state index contributed by atoms with van der Waals surface area (Å²) in [6, 6.07) is 5.52. The largest absolute Gasteiger partial charge is 0.323 e. The Morgan fingerprint density at radius 2 is 1.94 bits per heavy atom. The van der Waals surface area contributed by atoms with Crippen molar-refractivity contribution in [2.75, 3.05) is 39.0 Å². The summed E-state index contributed by atoms with van der Waals surface area (Å²) in [5.74, 6) is -0.265. The lowest BCUT2D eigenvalue weighted by Crippen LogP contribution is -2.41. The van der Waals surface area contributed by atoms with Crippen LogP contribution in [0.1, 0.15) is 30.4 Å². The van der Waals surface area contributed by atoms with Crippen LogP contribution in [0.15, 0.2) is 35.5 Å². The number of carbonyl (C=O) groups excluding carboxylic acids is 1. The molecule has 1 saturated heterocycles. The van der Waals surface area contributed by atoms with Gasteiger partial charge in [-0.1, -0.05) is 6.07 Å². The quantitative estimate of drug-likeness (QED) is 0.704. The average molecular weight is 446 g/mol. The van der Waals surface area contributed by atoms with E-state index in [1.807, 2.05) is 32.4 Å². The highest BCUT2D eigenvalue weighted by Crippen LogP contribution is 2.29. The summed E-state index contributed by atoms with van der Waals surface area (Å²) < 4.78 is 29.5. The third kappa shape index (κ3) is 4.99. The number of anilines is 1. The molecule has 1 aliphatic heterocycles. The number of carbonyl (C=O) groups is 1. The highest BCUT2D eigenvalue weighted by atomic mass is 32.2. The molecule has 168 valence electrons. The van der Waals surface area contributed by atoms with E-state index in [0.29, 0.717) is 36.5 Å². The van der Waals surface area contributed by atoms with Gasteiger partial charge in [0.25, 0.3) is 0 Å². The van der Waals surface area contributed by atoms with E-state index < -0.39 is 10.0 Å². The zero-order valence-electron chi connectivity index (χ0n) is 18.2. The number of nitrogens with one attached hydrogen (secondary N) is 1. The molecule has 8 nitrogen and oxygen atoms in total. The Bertz CT molecular complexity index is 1040. The zero-order valence-corrected chi connectivity index (χ0v) is 19.1. The van der Waals surface area contributed by atoms with Crippen LogP contribution in [0.2, 0.25) is 0 Å². The Balaban J connectivity index is 1.32. The SMILES string of the molecule is CN(C)CCn1cc(NC(=O)C2CCN(S(=O)(=O)c3ccc4c(c3)CCC4)CC2)cn1. The lowest BCUT2D eigenvalue weighted by molar-refractivity contribution is -0.120. The lowest BCUT2D eigenvalue weighted by Gasteiger charge is -2.30. The van der Waals surface area contributed by atoms with Gasteiger partial charge >= 0.3 is 0 Å². The van der Waals surface area contributed by atoms with Crippen LogP contribution in [0.3, 0.4) is 0 Å². The van der Waals surface area contributed by atoms with Gasteiger partial charge in [-0.3, -0.25) is 9.48 Å². The van der Waals surface area contributed by atoms with Crippen molar-refractivity contribution in [3.05, 3.63) is 41.7 Å². The topological polar surface area (TPSA) is 87.5 Å². The fourth-order valence-corrected chi connectivity index (χ4v) is 5.83. The van der Waals surface area contributed by atoms with Crippen LogP contribution in [0, 0.1) is 5.92 Å². The minimum atomic E-state index is -3.52. The highest BCUT2D eigenvalue weighted by Gasteiger charge is 2.32. The first-order chi connectivity index (χ1) is 14.8. The zero-order chi connectivity index (χ0) is 22.0. The normalized spacial score (nSPS) is 17.8. The molecule has 1 fully saturated rings. The van der Waals surface area contributed by atoms with Crippen molar-refractivity contribution in [3.8, 4) is 0 Å². The van der Waals surface area contributed by atoms with Gasteiger partial charge in [0.15, 0.2) is 0 Å². The monoisotopic (exact) mass is 445 g/mol. The minimum absolute atomic E-state index is 0.0678. The summed E-state index contributed by atoms with van der Waals surface area (Å²) in [4.78, 5) is 15.1. The van der Waals surface area contributed by atoms with Crippen LogP contribution < -0.4 is 5.32 Å². The maximum atomic E-state index is 13.1. The van der Waals surface area contributed by atoms with Crippen molar-refractivity contribution in [2.45, 2.75) is 43.5 Å². The number of amides is 1. The number of benzene rings is 1. The fraction of sp³-hybridized carbons (Fsp3) is 0.545. The van der Waals surface area contributed by atoms with E-state index >= 15 is 0 Å². The molecule has 1 amide bonds. The number of aromatic nitrogens is 2. The number of piperidine rings is 1. The number of likely N-dealkylation sites (N-methyl/N-ethyl adjacent to an activating group) is 1. The van der Waals surface area contributed by atoms with E-state index in [1.54, 1.807) is 16.9 Å². The van der Waals surface area contributed by atoms with E-state index in [4.69, 9.17) is 0 Å². The molecule has 1 N–H and O–H groups in total. The Morgan fingerprint density at radius 1 is 1.19 bits per heavy atom. The molecule has 4 rings (SSSR count). The van der Waals surface area contributed by atoms with Crippen molar-refractivity contribution in [1.82, 2.24) is 19.0 Å². The van der Waals surface area contributed by atoms with Crippen molar-refractivity contribution >= 4 is 21.6 Å². The second-order valence-corrected chi connectivity index (χ2v) is 10.7. The van der Waals surface area contributed by atoms with Gasteiger partial charge in [-0.05, 0) is 69.5 Å². The number of hydrogen-bond donors (Lipinski definition) is 1. The highest BCUT2D eigenvalue weighted by molar-refractivity contribution is 7.89. The summed E-state index contributed by atoms with van der Waals surface area (Å²) >= 11 is 0. The molecule has 31 heavy (non-hydrogen) atoms. The number of aryl methyl sites for hydroxylation is 2. The first kappa shape index (κ1) is 22.0. The Morgan fingerprint density at radius 3 is 2.68 bits per heavy atom. The number of rotatable bonds is 7. The van der Waals surface area contributed by atoms with Gasteiger partial charge in [-0.25, -0.2) is 8.42 Å². The molecule has 1 aromatic heterocycles. The number of hydrogen-bond acceptors (Lipinski definition) is 5. The molecule has 0 unspecified atom stereocenters. The molecular weight excluding hydrogens is 414 g/mol. The van der Waals surface area contributed by atoms with Gasteiger partial charge in [0, 0.05) is 31.7 Å². The predicted molar refractivity (Wildman–Crippen MR) is 119 cm³/mol. The molecular formula is C22H31N5O3S. The van der Waals surface area contributed by atoms with Crippen molar-refractivity contribution < 1.29 is 13.2 Å². The molecule has 0 spiro atoms. The first-order valence-corrected chi connectivity index (χ1v) is 12.4. The number of sulfonamides is 1. The summed E-state index contributed by atoms with van der Waals surface area (Å²) in [5.41, 5.74) is 3.10. The Kier molecular flexibility index (Phi) is 6.45. The maximum Gasteiger partial charge on any atom is 0.243 e. The molecule has 9 heteroatoms. The van der Waals surface area contributed by atoms with E-state index in [9.17, 15) is 13.2 Å². The van der Waals surface area contributed by atoms with E-state index in [2.05, 4.69) is 15.3 Å². The first-order valence-electron chi connectivity index (χ1n) is 10.9. The number of nitrogens with zero attached hydrogens (tertiary/aromatic N) is 4. The van der Waals surface area contributed by atoms with Gasteiger partial charge in [-0.15, -0.1) is 0 Å². The maximum absolute atomic E-state index is 13.1. The molecule has 0 saturated carbocycles. The Hall–Kier alpha value is -2.23. The minimum Gasteiger partial charge on any atom is -0.323 e. The molecule has 1 aromatic carbocycles. The summed E-state index contributed by atoms with van der Waals surface area (Å²) in [5, 5.41) is 7.21. The molecule has 0 bridgehead atoms. The van der Waals surface area contributed by atoms with Crippen LogP contribution in [0.5, 0.6) is 0 Å². The smallest absolute Gasteiger partial charge is 0.243 e. The van der Waals surface area contributed by atoms with Gasteiger partial charge in [-0.2, -0.15) is 9.40 Å². The standard InChI is InChI=1S/C22H31N5O3S/c1-25(2)12-13-26-16-20(15-23-26)24-22(28)18-8-10-27(11-9-18)31(29,30)21-7-6-17-4-3-5-19(17)14-21/h6-7,14-16,18H,3-5,8-13H2,1-2H3,(H,24,28). The summed E-state index contributed by atoms with van der Waals surface area (Å²) in [6.07, 6.45) is 7.59. The van der Waals surface area contributed by atoms with Gasteiger partial charge < -0.3 is 10.2 Å². The lowest BCUT2D eigenvalue weighted by atomic mass is 9.97. The van der Waals surface area contributed by atoms with Crippen LogP contribution in [-0.4, -0.2) is 67.0 Å². The van der Waals surface area contributed by atoms with Gasteiger partial charge in [0.05, 0.1) is 23.3 Å². The second-order valence-electron chi connectivity index (χ2n) is 8.75. The van der Waals surface area contributed by atoms with Crippen molar-refractivity contribution in [3.63, 3.8) is 0 Å². The molecule has 2 heterocycles. The molecule has 0 radical (unpaired) electrons. The van der Waals surface area contributed by atoms with Crippen molar-refractivity contribution in [2.24, 2.45) is 5.92 Å². The van der Waals surface area contributed by atoms with E-state index in [-0.39, 0.29) is 11.8 Å². The third-order valence-corrected chi connectivity index (χ3v) is 8.10. The predicted octanol–water partition coefficient (Wildman–Crippen LogP) is 1.97. The van der Waals surface area contributed by atoms with Crippen LogP contribution in [0.4, 0.5) is 5.69 Å². The Labute approximate surface area is 184 Å². The third-order valence-electron chi connectivity index (χ3n) is 6.21. The van der Waals surface area contributed by atoms with Gasteiger partial charge in [0.2, 0.25) is 15.9 Å². The van der Waals surface area contributed by atoms with E-state index in [0.717, 1.165) is 37.9 Å². The van der Waals surface area contributed by atoms with Crippen LogP contribution >= 0.6 is 0 Å². The van der Waals surface area contributed by atoms with Crippen molar-refractivity contribution in [1.29, 1.82) is 0 Å². The van der Waals surface area contributed by atoms with Crippen LogP contribution in [-0.2, 0) is 34.2 Å². The van der Waals surface area contributed by atoms with Crippen LogP contribution in [0.25, 0.3) is 0 Å². The molecule has 1 aliphatic carbocycles. The molecule has 0 atom stereocenters. The second kappa shape index (κ2) is 9.10. The molecule has 2 aromatic rings. The number of fused-ring (bicyclic) bond motifs is 1. The average Bonchev–Trinajstić information content (AvgIpc) is 3.41. The fourth-order valence-electron chi connectivity index (χ4n) is 4.31. The molecule has 2 aliphatic rings. The summed E-state index contributed by atoms with van der Waals surface area (Å²) in [6.45, 7) is 2.34. The van der Waals surface area contributed by atoms with E-state index in [1.165, 1.54) is 9.87 Å². The van der Waals surface area contributed by atoms with Gasteiger partial charge in [0.1, 0.15) is 0 Å².